The van der Waals surface area contributed by atoms with Gasteiger partial charge in [0.25, 0.3) is 0 Å². The minimum atomic E-state index is -0.907. The average Bonchev–Trinajstić information content (AvgIpc) is 2.56. The van der Waals surface area contributed by atoms with Gasteiger partial charge in [-0.25, -0.2) is 4.39 Å². The van der Waals surface area contributed by atoms with E-state index in [-0.39, 0.29) is 24.7 Å². The molecule has 1 aliphatic rings. The van der Waals surface area contributed by atoms with Crippen LogP contribution >= 0.6 is 0 Å². The fourth-order valence-electron chi connectivity index (χ4n) is 3.49. The molecular weight excluding hydrogens is 297 g/mol. The predicted molar refractivity (Wildman–Crippen MR) is 85.7 cm³/mol. The Bertz CT molecular complexity index is 550. The van der Waals surface area contributed by atoms with E-state index in [1.807, 2.05) is 6.92 Å². The Morgan fingerprint density at radius 1 is 1.17 bits per heavy atom. The lowest BCUT2D eigenvalue weighted by Crippen LogP contribution is -2.48. The molecule has 23 heavy (non-hydrogen) atoms. The molecule has 0 saturated heterocycles. The van der Waals surface area contributed by atoms with Gasteiger partial charge in [0.1, 0.15) is 5.82 Å². The highest BCUT2D eigenvalue weighted by Gasteiger charge is 2.43. The molecule has 1 saturated carbocycles. The average molecular weight is 321 g/mol. The fourth-order valence-corrected chi connectivity index (χ4v) is 3.49. The smallest absolute Gasteiger partial charge is 0.305 e. The molecule has 1 aromatic rings. The number of hydrogen-bond donors (Lipinski definition) is 1. The van der Waals surface area contributed by atoms with E-state index in [9.17, 15) is 14.0 Å². The summed E-state index contributed by atoms with van der Waals surface area (Å²) in [7, 11) is 0. The van der Waals surface area contributed by atoms with Gasteiger partial charge in [0.15, 0.2) is 0 Å². The minimum absolute atomic E-state index is 0.0208. The Morgan fingerprint density at radius 3 is 2.30 bits per heavy atom. The van der Waals surface area contributed by atoms with Crippen LogP contribution in [0.3, 0.4) is 0 Å². The van der Waals surface area contributed by atoms with Crippen LogP contribution in [0, 0.1) is 5.82 Å². The van der Waals surface area contributed by atoms with E-state index in [0.29, 0.717) is 6.54 Å². The number of likely N-dealkylation sites (N-methyl/N-ethyl adjacent to an activating group) is 1. The highest BCUT2D eigenvalue weighted by atomic mass is 19.1. The highest BCUT2D eigenvalue weighted by Crippen LogP contribution is 2.41. The number of nitrogens with zero attached hydrogens (tertiary/aromatic N) is 1. The van der Waals surface area contributed by atoms with Gasteiger partial charge >= 0.3 is 5.97 Å². The molecule has 1 aliphatic carbocycles. The number of carbonyl (C=O) groups is 2. The third-order valence-corrected chi connectivity index (χ3v) is 4.78. The van der Waals surface area contributed by atoms with Gasteiger partial charge in [-0.2, -0.15) is 0 Å². The van der Waals surface area contributed by atoms with Crippen molar-refractivity contribution in [2.24, 2.45) is 0 Å². The maximum absolute atomic E-state index is 13.3. The summed E-state index contributed by atoms with van der Waals surface area (Å²) in [6, 6.07) is 6.19. The molecule has 4 nitrogen and oxygen atoms in total. The van der Waals surface area contributed by atoms with Crippen LogP contribution in [0.5, 0.6) is 0 Å². The Labute approximate surface area is 136 Å². The zero-order valence-electron chi connectivity index (χ0n) is 13.6. The van der Waals surface area contributed by atoms with Gasteiger partial charge in [-0.1, -0.05) is 31.4 Å². The van der Waals surface area contributed by atoms with Gasteiger partial charge in [-0.3, -0.25) is 9.59 Å². The lowest BCUT2D eigenvalue weighted by Gasteiger charge is -2.40. The molecule has 0 aromatic heterocycles. The van der Waals surface area contributed by atoms with Crippen molar-refractivity contribution in [3.05, 3.63) is 35.6 Å². The van der Waals surface area contributed by atoms with Crippen LogP contribution in [0.1, 0.15) is 51.0 Å². The first-order valence-electron chi connectivity index (χ1n) is 8.27. The zero-order chi connectivity index (χ0) is 16.9. The predicted octanol–water partition coefficient (Wildman–Crippen LogP) is 3.35. The van der Waals surface area contributed by atoms with Crippen molar-refractivity contribution in [1.29, 1.82) is 0 Å². The summed E-state index contributed by atoms with van der Waals surface area (Å²) in [6.07, 6.45) is 4.43. The van der Waals surface area contributed by atoms with Crippen LogP contribution in [0.2, 0.25) is 0 Å². The second-order valence-corrected chi connectivity index (χ2v) is 6.18. The molecule has 0 spiro atoms. The normalized spacial score (nSPS) is 16.8. The number of carbonyl (C=O) groups excluding carboxylic acids is 1. The van der Waals surface area contributed by atoms with E-state index in [1.54, 1.807) is 17.0 Å². The maximum Gasteiger partial charge on any atom is 0.305 e. The second-order valence-electron chi connectivity index (χ2n) is 6.18. The van der Waals surface area contributed by atoms with Gasteiger partial charge in [-0.05, 0) is 37.5 Å². The molecule has 1 N–H and O–H groups in total. The number of carboxylic acids is 1. The van der Waals surface area contributed by atoms with Crippen molar-refractivity contribution in [2.75, 3.05) is 13.1 Å². The van der Waals surface area contributed by atoms with E-state index in [4.69, 9.17) is 5.11 Å². The first kappa shape index (κ1) is 17.4. The van der Waals surface area contributed by atoms with Crippen molar-refractivity contribution in [2.45, 2.75) is 50.9 Å². The molecule has 5 heteroatoms. The molecule has 0 radical (unpaired) electrons. The number of aliphatic carboxylic acids is 1. The summed E-state index contributed by atoms with van der Waals surface area (Å²) in [5.74, 6) is -1.24. The molecule has 1 aromatic carbocycles. The van der Waals surface area contributed by atoms with Crippen LogP contribution in [-0.2, 0) is 15.0 Å². The van der Waals surface area contributed by atoms with Crippen molar-refractivity contribution in [1.82, 2.24) is 4.90 Å². The molecule has 1 fully saturated rings. The quantitative estimate of drug-likeness (QED) is 0.874. The summed E-state index contributed by atoms with van der Waals surface area (Å²) in [6.45, 7) is 2.56. The van der Waals surface area contributed by atoms with Gasteiger partial charge in [-0.15, -0.1) is 0 Å². The first-order valence-corrected chi connectivity index (χ1v) is 8.27. The number of hydrogen-bond acceptors (Lipinski definition) is 2. The number of halogens is 1. The molecule has 0 aliphatic heterocycles. The minimum Gasteiger partial charge on any atom is -0.481 e. The molecule has 0 unspecified atom stereocenters. The highest BCUT2D eigenvalue weighted by molar-refractivity contribution is 5.88. The summed E-state index contributed by atoms with van der Waals surface area (Å²) >= 11 is 0. The molecule has 0 bridgehead atoms. The molecule has 2 rings (SSSR count). The fraction of sp³-hybridized carbons (Fsp3) is 0.556. The number of benzene rings is 1. The van der Waals surface area contributed by atoms with Gasteiger partial charge in [0, 0.05) is 13.1 Å². The third-order valence-electron chi connectivity index (χ3n) is 4.78. The van der Waals surface area contributed by atoms with Crippen molar-refractivity contribution < 1.29 is 19.1 Å². The second kappa shape index (κ2) is 7.57. The van der Waals surface area contributed by atoms with Crippen molar-refractivity contribution in [3.8, 4) is 0 Å². The maximum atomic E-state index is 13.3. The standard InChI is InChI=1S/C18H24FNO3/c1-2-20(13-10-16(21)22)17(23)18(11-4-3-5-12-18)14-6-8-15(19)9-7-14/h6-9H,2-5,10-13H2,1H3,(H,21,22). The van der Waals surface area contributed by atoms with Crippen molar-refractivity contribution >= 4 is 11.9 Å². The van der Waals surface area contributed by atoms with E-state index in [2.05, 4.69) is 0 Å². The van der Waals surface area contributed by atoms with Crippen LogP contribution in [-0.4, -0.2) is 35.0 Å². The third kappa shape index (κ3) is 3.89. The molecule has 0 atom stereocenters. The molecule has 0 heterocycles. The Morgan fingerprint density at radius 2 is 1.78 bits per heavy atom. The topological polar surface area (TPSA) is 57.6 Å². The van der Waals surface area contributed by atoms with Crippen LogP contribution < -0.4 is 0 Å². The summed E-state index contributed by atoms with van der Waals surface area (Å²) in [5.41, 5.74) is 0.206. The van der Waals surface area contributed by atoms with Gasteiger partial charge < -0.3 is 10.0 Å². The molecule has 126 valence electrons. The van der Waals surface area contributed by atoms with Gasteiger partial charge in [0.05, 0.1) is 11.8 Å². The van der Waals surface area contributed by atoms with E-state index >= 15 is 0 Å². The summed E-state index contributed by atoms with van der Waals surface area (Å²) < 4.78 is 13.3. The first-order chi connectivity index (χ1) is 11.0. The Kier molecular flexibility index (Phi) is 5.74. The Balaban J connectivity index is 2.31. The molecule has 1 amide bonds. The SMILES string of the molecule is CCN(CCC(=O)O)C(=O)C1(c2ccc(F)cc2)CCCCC1. The number of amides is 1. The lowest BCUT2D eigenvalue weighted by molar-refractivity contribution is -0.141. The van der Waals surface area contributed by atoms with E-state index in [1.165, 1.54) is 12.1 Å². The number of carboxylic acid groups (broad SMARTS) is 1. The Hall–Kier alpha value is -1.91. The van der Waals surface area contributed by atoms with Crippen molar-refractivity contribution in [3.63, 3.8) is 0 Å². The van der Waals surface area contributed by atoms with E-state index in [0.717, 1.165) is 37.7 Å². The van der Waals surface area contributed by atoms with Crippen LogP contribution in [0.25, 0.3) is 0 Å². The van der Waals surface area contributed by atoms with E-state index < -0.39 is 11.4 Å². The summed E-state index contributed by atoms with van der Waals surface area (Å²) in [4.78, 5) is 25.6. The summed E-state index contributed by atoms with van der Waals surface area (Å²) in [5, 5.41) is 8.88. The monoisotopic (exact) mass is 321 g/mol. The number of rotatable bonds is 6. The van der Waals surface area contributed by atoms with Crippen LogP contribution in [0.15, 0.2) is 24.3 Å². The molecular formula is C18H24FNO3. The largest absolute Gasteiger partial charge is 0.481 e. The van der Waals surface area contributed by atoms with Crippen LogP contribution in [0.4, 0.5) is 4.39 Å². The van der Waals surface area contributed by atoms with Gasteiger partial charge in [0.2, 0.25) is 5.91 Å². The lowest BCUT2D eigenvalue weighted by atomic mass is 9.68. The zero-order valence-corrected chi connectivity index (χ0v) is 13.6.